The zero-order valence-electron chi connectivity index (χ0n) is 17.3. The standard InChI is InChI=1S/C20H31N5O6/c21-9-5-4-8-15(20(30)31)25-19(29)16(12-26)24-17(27)11-23-18(28)14(22)10-13-6-2-1-3-7-13/h1-3,6-7,14-16,26H,4-5,8-12,21-22H2,(H,23,28)(H,24,27)(H,25,29)(H,30,31). The molecule has 0 bridgehead atoms. The zero-order chi connectivity index (χ0) is 23.2. The Morgan fingerprint density at radius 2 is 1.65 bits per heavy atom. The molecule has 0 saturated heterocycles. The van der Waals surface area contributed by atoms with Crippen LogP contribution in [0.15, 0.2) is 30.3 Å². The number of nitrogens with two attached hydrogens (primary N) is 2. The van der Waals surface area contributed by atoms with Gasteiger partial charge in [-0.05, 0) is 37.8 Å². The molecule has 31 heavy (non-hydrogen) atoms. The smallest absolute Gasteiger partial charge is 0.326 e. The average molecular weight is 437 g/mol. The van der Waals surface area contributed by atoms with E-state index in [1.165, 1.54) is 0 Å². The third kappa shape index (κ3) is 10.0. The van der Waals surface area contributed by atoms with Crippen LogP contribution in [-0.4, -0.2) is 71.7 Å². The van der Waals surface area contributed by atoms with E-state index >= 15 is 0 Å². The quantitative estimate of drug-likeness (QED) is 0.160. The number of unbranched alkanes of at least 4 members (excludes halogenated alkanes) is 1. The van der Waals surface area contributed by atoms with Crippen LogP contribution in [-0.2, 0) is 25.6 Å². The van der Waals surface area contributed by atoms with Gasteiger partial charge in [0.25, 0.3) is 0 Å². The predicted molar refractivity (Wildman–Crippen MR) is 113 cm³/mol. The van der Waals surface area contributed by atoms with E-state index in [0.29, 0.717) is 19.4 Å². The van der Waals surface area contributed by atoms with Crippen LogP contribution in [0, 0.1) is 0 Å². The molecule has 172 valence electrons. The summed E-state index contributed by atoms with van der Waals surface area (Å²) in [5, 5.41) is 25.5. The van der Waals surface area contributed by atoms with E-state index in [2.05, 4.69) is 16.0 Å². The highest BCUT2D eigenvalue weighted by Crippen LogP contribution is 2.02. The van der Waals surface area contributed by atoms with Crippen molar-refractivity contribution in [2.45, 2.75) is 43.8 Å². The van der Waals surface area contributed by atoms with Crippen molar-refractivity contribution in [3.63, 3.8) is 0 Å². The number of hydrogen-bond acceptors (Lipinski definition) is 7. The SMILES string of the molecule is NCCCCC(NC(=O)C(CO)NC(=O)CNC(=O)C(N)Cc1ccccc1)C(=O)O. The first kappa shape index (κ1) is 26.0. The number of nitrogens with one attached hydrogen (secondary N) is 3. The lowest BCUT2D eigenvalue weighted by molar-refractivity contribution is -0.142. The van der Waals surface area contributed by atoms with E-state index in [1.54, 1.807) is 0 Å². The van der Waals surface area contributed by atoms with Gasteiger partial charge in [0, 0.05) is 0 Å². The second-order valence-corrected chi connectivity index (χ2v) is 7.00. The van der Waals surface area contributed by atoms with Crippen molar-refractivity contribution in [3.05, 3.63) is 35.9 Å². The van der Waals surface area contributed by atoms with E-state index in [0.717, 1.165) is 5.56 Å². The highest BCUT2D eigenvalue weighted by molar-refractivity contribution is 5.92. The predicted octanol–water partition coefficient (Wildman–Crippen LogP) is -2.15. The third-order valence-corrected chi connectivity index (χ3v) is 4.45. The molecular weight excluding hydrogens is 406 g/mol. The second-order valence-electron chi connectivity index (χ2n) is 7.00. The summed E-state index contributed by atoms with van der Waals surface area (Å²) in [6, 6.07) is 5.74. The molecule has 11 heteroatoms. The van der Waals surface area contributed by atoms with Crippen LogP contribution in [0.2, 0.25) is 0 Å². The van der Waals surface area contributed by atoms with Crippen molar-refractivity contribution in [1.29, 1.82) is 0 Å². The Morgan fingerprint density at radius 1 is 0.968 bits per heavy atom. The van der Waals surface area contributed by atoms with Gasteiger partial charge in [0.2, 0.25) is 17.7 Å². The normalized spacial score (nSPS) is 13.5. The number of rotatable bonds is 14. The minimum atomic E-state index is -1.36. The van der Waals surface area contributed by atoms with Crippen molar-refractivity contribution >= 4 is 23.7 Å². The molecule has 1 rings (SSSR count). The third-order valence-electron chi connectivity index (χ3n) is 4.45. The minimum Gasteiger partial charge on any atom is -0.480 e. The van der Waals surface area contributed by atoms with Gasteiger partial charge in [0.05, 0.1) is 19.2 Å². The molecule has 1 aromatic carbocycles. The number of carboxylic acid groups (broad SMARTS) is 1. The first-order valence-electron chi connectivity index (χ1n) is 9.99. The summed E-state index contributed by atoms with van der Waals surface area (Å²) in [7, 11) is 0. The lowest BCUT2D eigenvalue weighted by Gasteiger charge is -2.20. The second kappa shape index (κ2) is 14.1. The van der Waals surface area contributed by atoms with E-state index in [-0.39, 0.29) is 12.8 Å². The summed E-state index contributed by atoms with van der Waals surface area (Å²) in [5.41, 5.74) is 12.1. The van der Waals surface area contributed by atoms with E-state index in [9.17, 15) is 29.4 Å². The molecular formula is C20H31N5O6. The molecule has 0 radical (unpaired) electrons. The van der Waals surface area contributed by atoms with Gasteiger partial charge in [-0.25, -0.2) is 4.79 Å². The van der Waals surface area contributed by atoms with Crippen LogP contribution < -0.4 is 27.4 Å². The number of aliphatic hydroxyl groups excluding tert-OH is 1. The number of aliphatic hydroxyl groups is 1. The Labute approximate surface area is 180 Å². The number of aliphatic carboxylic acids is 1. The van der Waals surface area contributed by atoms with E-state index in [1.807, 2.05) is 30.3 Å². The number of amides is 3. The van der Waals surface area contributed by atoms with Crippen LogP contribution in [0.4, 0.5) is 0 Å². The number of benzene rings is 1. The Bertz CT molecular complexity index is 730. The number of hydrogen-bond donors (Lipinski definition) is 7. The molecule has 0 fully saturated rings. The fourth-order valence-corrected chi connectivity index (χ4v) is 2.72. The van der Waals surface area contributed by atoms with Crippen molar-refractivity contribution in [2.75, 3.05) is 19.7 Å². The maximum Gasteiger partial charge on any atom is 0.326 e. The molecule has 0 spiro atoms. The summed E-state index contributed by atoms with van der Waals surface area (Å²) in [4.78, 5) is 47.6. The largest absolute Gasteiger partial charge is 0.480 e. The molecule has 9 N–H and O–H groups in total. The van der Waals surface area contributed by atoms with Crippen LogP contribution in [0.3, 0.4) is 0 Å². The number of carboxylic acids is 1. The van der Waals surface area contributed by atoms with Gasteiger partial charge in [-0.3, -0.25) is 14.4 Å². The fraction of sp³-hybridized carbons (Fsp3) is 0.500. The maximum atomic E-state index is 12.2. The lowest BCUT2D eigenvalue weighted by atomic mass is 10.1. The minimum absolute atomic E-state index is 0.166. The lowest BCUT2D eigenvalue weighted by Crippen LogP contribution is -2.55. The highest BCUT2D eigenvalue weighted by atomic mass is 16.4. The zero-order valence-corrected chi connectivity index (χ0v) is 17.3. The van der Waals surface area contributed by atoms with Crippen molar-refractivity contribution in [2.24, 2.45) is 11.5 Å². The summed E-state index contributed by atoms with van der Waals surface area (Å²) in [6.07, 6.45) is 1.56. The van der Waals surface area contributed by atoms with Crippen molar-refractivity contribution in [1.82, 2.24) is 16.0 Å². The first-order valence-corrected chi connectivity index (χ1v) is 9.99. The van der Waals surface area contributed by atoms with Crippen LogP contribution in [0.5, 0.6) is 0 Å². The Balaban J connectivity index is 2.48. The molecule has 0 aromatic heterocycles. The number of carbonyl (C=O) groups excluding carboxylic acids is 3. The van der Waals surface area contributed by atoms with Crippen molar-refractivity contribution < 1.29 is 29.4 Å². The van der Waals surface area contributed by atoms with Crippen LogP contribution >= 0.6 is 0 Å². The average Bonchev–Trinajstić information content (AvgIpc) is 2.75. The first-order chi connectivity index (χ1) is 14.8. The molecule has 11 nitrogen and oxygen atoms in total. The van der Waals surface area contributed by atoms with Crippen LogP contribution in [0.25, 0.3) is 0 Å². The Morgan fingerprint density at radius 3 is 2.23 bits per heavy atom. The van der Waals surface area contributed by atoms with Crippen molar-refractivity contribution in [3.8, 4) is 0 Å². The summed E-state index contributed by atoms with van der Waals surface area (Å²) in [6.45, 7) is -0.797. The molecule has 3 unspecified atom stereocenters. The molecule has 0 aliphatic rings. The monoisotopic (exact) mass is 437 g/mol. The van der Waals surface area contributed by atoms with Gasteiger partial charge < -0.3 is 37.6 Å². The summed E-state index contributed by atoms with van der Waals surface area (Å²) < 4.78 is 0. The van der Waals surface area contributed by atoms with Gasteiger partial charge in [0.1, 0.15) is 12.1 Å². The molecule has 0 aliphatic carbocycles. The van der Waals surface area contributed by atoms with Crippen LogP contribution in [0.1, 0.15) is 24.8 Å². The molecule has 1 aromatic rings. The maximum absolute atomic E-state index is 12.2. The molecule has 0 aliphatic heterocycles. The van der Waals surface area contributed by atoms with Gasteiger partial charge in [-0.2, -0.15) is 0 Å². The van der Waals surface area contributed by atoms with Gasteiger partial charge in [-0.15, -0.1) is 0 Å². The summed E-state index contributed by atoms with van der Waals surface area (Å²) >= 11 is 0. The van der Waals surface area contributed by atoms with E-state index < -0.39 is 55.0 Å². The Kier molecular flexibility index (Phi) is 11.8. The molecule has 0 heterocycles. The summed E-state index contributed by atoms with van der Waals surface area (Å²) in [5.74, 6) is -3.35. The molecule has 3 amide bonds. The van der Waals surface area contributed by atoms with Gasteiger partial charge >= 0.3 is 5.97 Å². The molecule has 0 saturated carbocycles. The number of carbonyl (C=O) groups is 4. The fourth-order valence-electron chi connectivity index (χ4n) is 2.72. The topological polar surface area (TPSA) is 197 Å². The van der Waals surface area contributed by atoms with Gasteiger partial charge in [0.15, 0.2) is 0 Å². The highest BCUT2D eigenvalue weighted by Gasteiger charge is 2.26. The van der Waals surface area contributed by atoms with Gasteiger partial charge in [-0.1, -0.05) is 30.3 Å². The van der Waals surface area contributed by atoms with E-state index in [4.69, 9.17) is 11.5 Å². The molecule has 3 atom stereocenters. The Hall–Kier alpha value is -3.02.